The first-order valence-electron chi connectivity index (χ1n) is 8.77. The number of rotatable bonds is 3. The molecule has 1 aliphatic heterocycles. The molecule has 2 fully saturated rings. The molecule has 1 saturated carbocycles. The fourth-order valence-electron chi connectivity index (χ4n) is 3.94. The van der Waals surface area contributed by atoms with Crippen LogP contribution in [0.2, 0.25) is 0 Å². The van der Waals surface area contributed by atoms with Gasteiger partial charge < -0.3 is 5.11 Å². The predicted octanol–water partition coefficient (Wildman–Crippen LogP) is 4.44. The van der Waals surface area contributed by atoms with Gasteiger partial charge in [0.25, 0.3) is 0 Å². The van der Waals surface area contributed by atoms with Crippen molar-refractivity contribution in [1.29, 1.82) is 0 Å². The minimum atomic E-state index is 0.472. The molecule has 23 heavy (non-hydrogen) atoms. The van der Waals surface area contributed by atoms with Crippen LogP contribution in [0, 0.1) is 7.14 Å². The lowest BCUT2D eigenvalue weighted by Gasteiger charge is -2.33. The highest BCUT2D eigenvalue weighted by Gasteiger charge is 2.24. The molecule has 3 nitrogen and oxygen atoms in total. The average Bonchev–Trinajstić information content (AvgIpc) is 2.79. The van der Waals surface area contributed by atoms with Gasteiger partial charge in [-0.25, -0.2) is 0 Å². The molecule has 5 heteroatoms. The molecular weight excluding hydrogens is 514 g/mol. The first-order valence-corrected chi connectivity index (χ1v) is 10.9. The molecular formula is C18H26I2N2O. The molecule has 1 aliphatic carbocycles. The highest BCUT2D eigenvalue weighted by Crippen LogP contribution is 2.29. The first kappa shape index (κ1) is 18.2. The number of phenolic OH excluding ortho intramolecular Hbond substituents is 1. The van der Waals surface area contributed by atoms with Crippen molar-refractivity contribution in [2.45, 2.75) is 51.1 Å². The number of benzene rings is 1. The van der Waals surface area contributed by atoms with Crippen LogP contribution in [-0.2, 0) is 6.54 Å². The van der Waals surface area contributed by atoms with E-state index in [1.54, 1.807) is 0 Å². The Balaban J connectivity index is 1.60. The summed E-state index contributed by atoms with van der Waals surface area (Å²) in [6.45, 7) is 5.57. The van der Waals surface area contributed by atoms with Crippen molar-refractivity contribution in [1.82, 2.24) is 9.80 Å². The largest absolute Gasteiger partial charge is 0.507 e. The van der Waals surface area contributed by atoms with E-state index in [2.05, 4.69) is 61.0 Å². The van der Waals surface area contributed by atoms with Crippen LogP contribution < -0.4 is 0 Å². The summed E-state index contributed by atoms with van der Waals surface area (Å²) in [6.07, 6.45) is 8.31. The van der Waals surface area contributed by atoms with Crippen molar-refractivity contribution >= 4 is 45.2 Å². The lowest BCUT2D eigenvalue weighted by molar-refractivity contribution is 0.158. The van der Waals surface area contributed by atoms with Gasteiger partial charge in [-0.05, 0) is 89.7 Å². The molecule has 0 bridgehead atoms. The van der Waals surface area contributed by atoms with E-state index in [9.17, 15) is 5.11 Å². The Morgan fingerprint density at radius 2 is 1.74 bits per heavy atom. The minimum Gasteiger partial charge on any atom is -0.507 e. The van der Waals surface area contributed by atoms with Crippen LogP contribution in [0.15, 0.2) is 12.1 Å². The SMILES string of the molecule is Oc1c(I)cc(I)cc1CN1CCCN(C2CCCCC2)CC1. The van der Waals surface area contributed by atoms with E-state index >= 15 is 0 Å². The summed E-state index contributed by atoms with van der Waals surface area (Å²) < 4.78 is 2.17. The van der Waals surface area contributed by atoms with Crippen molar-refractivity contribution in [2.75, 3.05) is 26.2 Å². The normalized spacial score (nSPS) is 22.2. The van der Waals surface area contributed by atoms with Crippen LogP contribution >= 0.6 is 45.2 Å². The van der Waals surface area contributed by atoms with E-state index in [1.807, 2.05) is 6.07 Å². The van der Waals surface area contributed by atoms with Crippen LogP contribution in [0.25, 0.3) is 0 Å². The van der Waals surface area contributed by atoms with E-state index in [1.165, 1.54) is 55.2 Å². The molecule has 0 aromatic heterocycles. The molecule has 0 unspecified atom stereocenters. The summed E-state index contributed by atoms with van der Waals surface area (Å²) in [5.74, 6) is 0.472. The number of aromatic hydroxyl groups is 1. The van der Waals surface area contributed by atoms with Crippen LogP contribution in [-0.4, -0.2) is 47.1 Å². The number of hydrogen-bond donors (Lipinski definition) is 1. The molecule has 2 aliphatic rings. The quantitative estimate of drug-likeness (QED) is 0.575. The monoisotopic (exact) mass is 540 g/mol. The summed E-state index contributed by atoms with van der Waals surface area (Å²) >= 11 is 4.57. The van der Waals surface area contributed by atoms with Gasteiger partial charge >= 0.3 is 0 Å². The zero-order valence-corrected chi connectivity index (χ0v) is 17.9. The van der Waals surface area contributed by atoms with Crippen molar-refractivity contribution in [3.8, 4) is 5.75 Å². The zero-order chi connectivity index (χ0) is 16.2. The zero-order valence-electron chi connectivity index (χ0n) is 13.6. The maximum Gasteiger partial charge on any atom is 0.133 e. The molecule has 3 rings (SSSR count). The second kappa shape index (κ2) is 8.67. The first-order chi connectivity index (χ1) is 11.1. The van der Waals surface area contributed by atoms with E-state index in [-0.39, 0.29) is 0 Å². The molecule has 128 valence electrons. The van der Waals surface area contributed by atoms with Gasteiger partial charge in [0.2, 0.25) is 0 Å². The summed E-state index contributed by atoms with van der Waals surface area (Å²) in [4.78, 5) is 5.25. The standard InChI is InChI=1S/C18H26I2N2O/c19-15-11-14(18(23)17(20)12-15)13-21-7-4-8-22(10-9-21)16-5-2-1-3-6-16/h11-12,16,23H,1-10,13H2. The number of hydrogen-bond acceptors (Lipinski definition) is 3. The molecule has 1 N–H and O–H groups in total. The third-order valence-corrected chi connectivity index (χ3v) is 6.66. The van der Waals surface area contributed by atoms with Crippen molar-refractivity contribution in [3.05, 3.63) is 24.8 Å². The third-order valence-electron chi connectivity index (χ3n) is 5.22. The summed E-state index contributed by atoms with van der Waals surface area (Å²) in [7, 11) is 0. The Hall–Kier alpha value is 0.400. The summed E-state index contributed by atoms with van der Waals surface area (Å²) in [5.41, 5.74) is 1.08. The van der Waals surface area contributed by atoms with E-state index < -0.39 is 0 Å². The Morgan fingerprint density at radius 3 is 2.52 bits per heavy atom. The fraction of sp³-hybridized carbons (Fsp3) is 0.667. The van der Waals surface area contributed by atoms with Gasteiger partial charge in [-0.15, -0.1) is 0 Å². The number of phenols is 1. The summed E-state index contributed by atoms with van der Waals surface area (Å²) in [5, 5.41) is 10.3. The minimum absolute atomic E-state index is 0.472. The smallest absolute Gasteiger partial charge is 0.133 e. The fourth-order valence-corrected chi connectivity index (χ4v) is 5.91. The van der Waals surface area contributed by atoms with Crippen LogP contribution in [0.4, 0.5) is 0 Å². The van der Waals surface area contributed by atoms with Gasteiger partial charge in [0.05, 0.1) is 3.57 Å². The lowest BCUT2D eigenvalue weighted by atomic mass is 9.94. The number of halogens is 2. The van der Waals surface area contributed by atoms with Crippen molar-refractivity contribution in [2.24, 2.45) is 0 Å². The maximum atomic E-state index is 10.3. The third kappa shape index (κ3) is 4.95. The lowest BCUT2D eigenvalue weighted by Crippen LogP contribution is -2.39. The molecule has 0 atom stereocenters. The average molecular weight is 540 g/mol. The molecule has 0 amide bonds. The van der Waals surface area contributed by atoms with E-state index in [4.69, 9.17) is 0 Å². The van der Waals surface area contributed by atoms with Gasteiger partial charge in [0.1, 0.15) is 5.75 Å². The Labute approximate surface area is 167 Å². The van der Waals surface area contributed by atoms with Gasteiger partial charge in [0, 0.05) is 34.8 Å². The molecule has 1 heterocycles. The molecule has 1 aromatic carbocycles. The van der Waals surface area contributed by atoms with Crippen LogP contribution in [0.3, 0.4) is 0 Å². The molecule has 0 spiro atoms. The van der Waals surface area contributed by atoms with Crippen LogP contribution in [0.1, 0.15) is 44.1 Å². The molecule has 1 saturated heterocycles. The second-order valence-corrected chi connectivity index (χ2v) is 9.26. The molecule has 1 aromatic rings. The molecule has 0 radical (unpaired) electrons. The number of nitrogens with zero attached hydrogens (tertiary/aromatic N) is 2. The van der Waals surface area contributed by atoms with Crippen molar-refractivity contribution in [3.63, 3.8) is 0 Å². The van der Waals surface area contributed by atoms with Gasteiger partial charge in [-0.1, -0.05) is 19.3 Å². The topological polar surface area (TPSA) is 26.7 Å². The maximum absolute atomic E-state index is 10.3. The van der Waals surface area contributed by atoms with E-state index in [0.29, 0.717) is 5.75 Å². The van der Waals surface area contributed by atoms with Gasteiger partial charge in [0.15, 0.2) is 0 Å². The highest BCUT2D eigenvalue weighted by atomic mass is 127. The Kier molecular flexibility index (Phi) is 6.86. The Morgan fingerprint density at radius 1 is 0.957 bits per heavy atom. The Bertz CT molecular complexity index is 532. The van der Waals surface area contributed by atoms with Crippen LogP contribution in [0.5, 0.6) is 5.75 Å². The second-order valence-electron chi connectivity index (χ2n) is 6.85. The predicted molar refractivity (Wildman–Crippen MR) is 112 cm³/mol. The summed E-state index contributed by atoms with van der Waals surface area (Å²) in [6, 6.07) is 4.99. The van der Waals surface area contributed by atoms with Gasteiger partial charge in [-0.2, -0.15) is 0 Å². The van der Waals surface area contributed by atoms with Crippen molar-refractivity contribution < 1.29 is 5.11 Å². The van der Waals surface area contributed by atoms with Gasteiger partial charge in [-0.3, -0.25) is 9.80 Å². The van der Waals surface area contributed by atoms with E-state index in [0.717, 1.165) is 34.8 Å². The highest BCUT2D eigenvalue weighted by molar-refractivity contribution is 14.1.